The van der Waals surface area contributed by atoms with E-state index in [1.165, 1.54) is 17.6 Å². The lowest BCUT2D eigenvalue weighted by molar-refractivity contribution is 0.484. The SMILES string of the molecule is CC(C)=CCCC(C)(C)c1ccc(Cl)cc1. The van der Waals surface area contributed by atoms with Crippen LogP contribution in [0.1, 0.15) is 46.1 Å². The third-order valence-electron chi connectivity index (χ3n) is 2.95. The first kappa shape index (κ1) is 13.3. The predicted molar refractivity (Wildman–Crippen MR) is 73.1 cm³/mol. The summed E-state index contributed by atoms with van der Waals surface area (Å²) in [5.74, 6) is 0. The zero-order valence-electron chi connectivity index (χ0n) is 10.7. The van der Waals surface area contributed by atoms with Gasteiger partial charge in [-0.15, -0.1) is 0 Å². The van der Waals surface area contributed by atoms with Gasteiger partial charge in [-0.3, -0.25) is 0 Å². The number of hydrogen-bond donors (Lipinski definition) is 0. The molecule has 16 heavy (non-hydrogen) atoms. The van der Waals surface area contributed by atoms with E-state index in [4.69, 9.17) is 11.6 Å². The van der Waals surface area contributed by atoms with Crippen LogP contribution in [0, 0.1) is 0 Å². The molecule has 0 heterocycles. The number of hydrogen-bond acceptors (Lipinski definition) is 0. The van der Waals surface area contributed by atoms with Crippen molar-refractivity contribution < 1.29 is 0 Å². The minimum Gasteiger partial charge on any atom is -0.0859 e. The summed E-state index contributed by atoms with van der Waals surface area (Å²) in [4.78, 5) is 0. The molecule has 0 N–H and O–H groups in total. The molecule has 0 aromatic heterocycles. The van der Waals surface area contributed by atoms with Crippen molar-refractivity contribution in [1.82, 2.24) is 0 Å². The van der Waals surface area contributed by atoms with Crippen LogP contribution in [0.15, 0.2) is 35.9 Å². The minimum atomic E-state index is 0.219. The maximum atomic E-state index is 5.90. The van der Waals surface area contributed by atoms with Gasteiger partial charge in [0.2, 0.25) is 0 Å². The number of rotatable bonds is 4. The van der Waals surface area contributed by atoms with Gasteiger partial charge in [0.15, 0.2) is 0 Å². The van der Waals surface area contributed by atoms with Crippen molar-refractivity contribution in [3.8, 4) is 0 Å². The van der Waals surface area contributed by atoms with Gasteiger partial charge in [-0.2, -0.15) is 0 Å². The largest absolute Gasteiger partial charge is 0.0859 e. The molecular weight excluding hydrogens is 216 g/mol. The van der Waals surface area contributed by atoms with E-state index in [-0.39, 0.29) is 5.41 Å². The third-order valence-corrected chi connectivity index (χ3v) is 3.20. The van der Waals surface area contributed by atoms with Crippen LogP contribution in [0.3, 0.4) is 0 Å². The van der Waals surface area contributed by atoms with Gasteiger partial charge in [0.25, 0.3) is 0 Å². The molecule has 0 unspecified atom stereocenters. The Morgan fingerprint density at radius 1 is 1.19 bits per heavy atom. The van der Waals surface area contributed by atoms with Crippen LogP contribution < -0.4 is 0 Å². The highest BCUT2D eigenvalue weighted by molar-refractivity contribution is 6.30. The van der Waals surface area contributed by atoms with Crippen LogP contribution >= 0.6 is 11.6 Å². The number of halogens is 1. The molecule has 0 fully saturated rings. The molecule has 1 heteroatoms. The quantitative estimate of drug-likeness (QED) is 0.617. The molecule has 0 atom stereocenters. The first-order valence-electron chi connectivity index (χ1n) is 5.81. The molecule has 1 aromatic rings. The summed E-state index contributed by atoms with van der Waals surface area (Å²) < 4.78 is 0. The van der Waals surface area contributed by atoms with Crippen molar-refractivity contribution in [2.75, 3.05) is 0 Å². The Bertz CT molecular complexity index is 354. The van der Waals surface area contributed by atoms with Crippen molar-refractivity contribution in [1.29, 1.82) is 0 Å². The predicted octanol–water partition coefficient (Wildman–Crippen LogP) is 5.36. The van der Waals surface area contributed by atoms with Gasteiger partial charge in [-0.05, 0) is 49.8 Å². The summed E-state index contributed by atoms with van der Waals surface area (Å²) >= 11 is 5.90. The van der Waals surface area contributed by atoms with Crippen LogP contribution in [0.4, 0.5) is 0 Å². The van der Waals surface area contributed by atoms with Crippen molar-refractivity contribution in [3.63, 3.8) is 0 Å². The molecule has 0 aliphatic heterocycles. The lowest BCUT2D eigenvalue weighted by Crippen LogP contribution is -2.16. The molecule has 0 saturated carbocycles. The summed E-state index contributed by atoms with van der Waals surface area (Å²) in [7, 11) is 0. The van der Waals surface area contributed by atoms with E-state index in [9.17, 15) is 0 Å². The second-order valence-corrected chi connectivity index (χ2v) is 5.65. The summed E-state index contributed by atoms with van der Waals surface area (Å²) in [5, 5.41) is 0.809. The number of allylic oxidation sites excluding steroid dienone is 2. The van der Waals surface area contributed by atoms with Gasteiger partial charge in [0.1, 0.15) is 0 Å². The third kappa shape index (κ3) is 4.02. The molecule has 1 rings (SSSR count). The zero-order valence-corrected chi connectivity index (χ0v) is 11.4. The van der Waals surface area contributed by atoms with Crippen molar-refractivity contribution >= 4 is 11.6 Å². The van der Waals surface area contributed by atoms with Crippen LogP contribution in [-0.4, -0.2) is 0 Å². The molecule has 0 radical (unpaired) electrons. The van der Waals surface area contributed by atoms with E-state index < -0.39 is 0 Å². The van der Waals surface area contributed by atoms with Gasteiger partial charge in [0, 0.05) is 5.02 Å². The van der Waals surface area contributed by atoms with Gasteiger partial charge in [-0.1, -0.05) is 49.2 Å². The minimum absolute atomic E-state index is 0.219. The summed E-state index contributed by atoms with van der Waals surface area (Å²) in [6, 6.07) is 8.20. The van der Waals surface area contributed by atoms with Crippen molar-refractivity contribution in [2.24, 2.45) is 0 Å². The fourth-order valence-electron chi connectivity index (χ4n) is 1.77. The lowest BCUT2D eigenvalue weighted by atomic mass is 9.80. The molecular formula is C15H21Cl. The van der Waals surface area contributed by atoms with Crippen molar-refractivity contribution in [3.05, 3.63) is 46.5 Å². The van der Waals surface area contributed by atoms with Crippen LogP contribution in [0.25, 0.3) is 0 Å². The fourth-order valence-corrected chi connectivity index (χ4v) is 1.89. The van der Waals surface area contributed by atoms with Gasteiger partial charge >= 0.3 is 0 Å². The highest BCUT2D eigenvalue weighted by Gasteiger charge is 2.19. The molecule has 88 valence electrons. The lowest BCUT2D eigenvalue weighted by Gasteiger charge is -2.24. The topological polar surface area (TPSA) is 0 Å². The van der Waals surface area contributed by atoms with Gasteiger partial charge < -0.3 is 0 Å². The Labute approximate surface area is 104 Å². The van der Waals surface area contributed by atoms with Crippen LogP contribution in [0.2, 0.25) is 5.02 Å². The van der Waals surface area contributed by atoms with Crippen LogP contribution in [0.5, 0.6) is 0 Å². The first-order valence-corrected chi connectivity index (χ1v) is 6.19. The summed E-state index contributed by atoms with van der Waals surface area (Å²) in [6.07, 6.45) is 4.61. The Hall–Kier alpha value is -0.750. The molecule has 0 saturated heterocycles. The molecule has 0 spiro atoms. The molecule has 1 aromatic carbocycles. The maximum Gasteiger partial charge on any atom is 0.0406 e. The van der Waals surface area contributed by atoms with Gasteiger partial charge in [0.05, 0.1) is 0 Å². The first-order chi connectivity index (χ1) is 7.42. The molecule has 0 aliphatic carbocycles. The highest BCUT2D eigenvalue weighted by atomic mass is 35.5. The Morgan fingerprint density at radius 2 is 1.75 bits per heavy atom. The van der Waals surface area contributed by atoms with E-state index in [0.29, 0.717) is 0 Å². The van der Waals surface area contributed by atoms with E-state index in [1.807, 2.05) is 12.1 Å². The molecule has 0 bridgehead atoms. The normalized spacial score (nSPS) is 11.3. The van der Waals surface area contributed by atoms with E-state index in [1.54, 1.807) is 0 Å². The molecule has 0 aliphatic rings. The monoisotopic (exact) mass is 236 g/mol. The maximum absolute atomic E-state index is 5.90. The summed E-state index contributed by atoms with van der Waals surface area (Å²) in [5.41, 5.74) is 2.97. The van der Waals surface area contributed by atoms with Crippen molar-refractivity contribution in [2.45, 2.75) is 46.0 Å². The Kier molecular flexibility index (Phi) is 4.61. The number of benzene rings is 1. The van der Waals surface area contributed by atoms with Crippen LogP contribution in [-0.2, 0) is 5.41 Å². The zero-order chi connectivity index (χ0) is 12.2. The van der Waals surface area contributed by atoms with E-state index >= 15 is 0 Å². The smallest absolute Gasteiger partial charge is 0.0406 e. The fraction of sp³-hybridized carbons (Fsp3) is 0.467. The second kappa shape index (κ2) is 5.54. The standard InChI is InChI=1S/C15H21Cl/c1-12(2)6-5-11-15(3,4)13-7-9-14(16)10-8-13/h6-10H,5,11H2,1-4H3. The second-order valence-electron chi connectivity index (χ2n) is 5.21. The molecule has 0 nitrogen and oxygen atoms in total. The average molecular weight is 237 g/mol. The van der Waals surface area contributed by atoms with E-state index in [0.717, 1.165) is 11.4 Å². The molecule has 0 amide bonds. The van der Waals surface area contributed by atoms with Gasteiger partial charge in [-0.25, -0.2) is 0 Å². The summed E-state index contributed by atoms with van der Waals surface area (Å²) in [6.45, 7) is 8.87. The highest BCUT2D eigenvalue weighted by Crippen LogP contribution is 2.29. The average Bonchev–Trinajstić information content (AvgIpc) is 2.17. The van der Waals surface area contributed by atoms with E-state index in [2.05, 4.69) is 45.9 Å². The Balaban J connectivity index is 2.69. The Morgan fingerprint density at radius 3 is 2.25 bits per heavy atom.